The Morgan fingerprint density at radius 3 is 2.44 bits per heavy atom. The number of carbonyl (C=O) groups excluding carboxylic acids is 1. The fraction of sp³-hybridized carbons (Fsp3) is 0.0952. The summed E-state index contributed by atoms with van der Waals surface area (Å²) in [5, 5.41) is 0.966. The summed E-state index contributed by atoms with van der Waals surface area (Å²) >= 11 is 12.1. The first-order chi connectivity index (χ1) is 12.8. The molecule has 0 saturated carbocycles. The van der Waals surface area contributed by atoms with Crippen molar-refractivity contribution >= 4 is 34.7 Å². The van der Waals surface area contributed by atoms with Gasteiger partial charge in [0.05, 0.1) is 10.7 Å². The molecule has 0 atom stereocenters. The number of nitrogens with two attached hydrogens (primary N) is 1. The molecule has 0 heterocycles. The van der Waals surface area contributed by atoms with Gasteiger partial charge in [0, 0.05) is 17.0 Å². The van der Waals surface area contributed by atoms with Crippen LogP contribution >= 0.6 is 23.2 Å². The third-order valence-electron chi connectivity index (χ3n) is 3.98. The number of anilines is 1. The number of rotatable bonds is 5. The Hall–Kier alpha value is -2.56. The topological polar surface area (TPSA) is 52.3 Å². The van der Waals surface area contributed by atoms with E-state index >= 15 is 0 Å². The number of halogens is 3. The van der Waals surface area contributed by atoms with Gasteiger partial charge >= 0.3 is 0 Å². The Morgan fingerprint density at radius 2 is 1.78 bits per heavy atom. The zero-order valence-electron chi connectivity index (χ0n) is 14.4. The third kappa shape index (κ3) is 4.59. The summed E-state index contributed by atoms with van der Waals surface area (Å²) in [6.45, 7) is 1.71. The van der Waals surface area contributed by atoms with E-state index in [2.05, 4.69) is 0 Å². The Bertz CT molecular complexity index is 1000. The number of aryl methyl sites for hydroxylation is 1. The maximum atomic E-state index is 13.8. The molecule has 27 heavy (non-hydrogen) atoms. The van der Waals surface area contributed by atoms with E-state index in [1.54, 1.807) is 55.5 Å². The molecule has 138 valence electrons. The van der Waals surface area contributed by atoms with Crippen LogP contribution in [0.3, 0.4) is 0 Å². The molecular formula is C21H16Cl2FNO2. The van der Waals surface area contributed by atoms with Crippen molar-refractivity contribution in [3.63, 3.8) is 0 Å². The maximum absolute atomic E-state index is 13.8. The van der Waals surface area contributed by atoms with Gasteiger partial charge in [-0.3, -0.25) is 4.79 Å². The van der Waals surface area contributed by atoms with Crippen LogP contribution < -0.4 is 10.5 Å². The quantitative estimate of drug-likeness (QED) is 0.405. The van der Waals surface area contributed by atoms with E-state index in [0.29, 0.717) is 32.7 Å². The second-order valence-electron chi connectivity index (χ2n) is 6.13. The van der Waals surface area contributed by atoms with Crippen LogP contribution in [0.25, 0.3) is 0 Å². The second-order valence-corrected chi connectivity index (χ2v) is 6.97. The van der Waals surface area contributed by atoms with Crippen molar-refractivity contribution in [1.82, 2.24) is 0 Å². The van der Waals surface area contributed by atoms with E-state index in [4.69, 9.17) is 33.7 Å². The van der Waals surface area contributed by atoms with Crippen molar-refractivity contribution in [2.45, 2.75) is 13.3 Å². The normalized spacial score (nSPS) is 10.7. The summed E-state index contributed by atoms with van der Waals surface area (Å²) < 4.78 is 19.5. The molecule has 0 bridgehead atoms. The minimum absolute atomic E-state index is 0.0496. The van der Waals surface area contributed by atoms with Crippen LogP contribution in [-0.4, -0.2) is 5.78 Å². The highest BCUT2D eigenvalue weighted by Gasteiger charge is 2.15. The molecule has 3 rings (SSSR count). The lowest BCUT2D eigenvalue weighted by atomic mass is 9.99. The van der Waals surface area contributed by atoms with Crippen molar-refractivity contribution < 1.29 is 13.9 Å². The Labute approximate surface area is 166 Å². The van der Waals surface area contributed by atoms with Gasteiger partial charge in [0.15, 0.2) is 5.78 Å². The average molecular weight is 404 g/mol. The molecule has 0 saturated heterocycles. The Kier molecular flexibility index (Phi) is 5.68. The zero-order chi connectivity index (χ0) is 19.6. The number of carbonyl (C=O) groups is 1. The van der Waals surface area contributed by atoms with Gasteiger partial charge in [-0.2, -0.15) is 0 Å². The Morgan fingerprint density at radius 1 is 1.07 bits per heavy atom. The minimum Gasteiger partial charge on any atom is -0.456 e. The monoisotopic (exact) mass is 403 g/mol. The van der Waals surface area contributed by atoms with Crippen molar-refractivity contribution in [3.05, 3.63) is 87.2 Å². The fourth-order valence-electron chi connectivity index (χ4n) is 2.63. The number of ether oxygens (including phenoxy) is 1. The Balaban J connectivity index is 1.78. The van der Waals surface area contributed by atoms with Crippen LogP contribution in [0.2, 0.25) is 10.0 Å². The molecule has 0 aromatic heterocycles. The molecule has 2 N–H and O–H groups in total. The summed E-state index contributed by atoms with van der Waals surface area (Å²) in [6.07, 6.45) is 0.0496. The van der Waals surface area contributed by atoms with Gasteiger partial charge in [-0.25, -0.2) is 4.39 Å². The van der Waals surface area contributed by atoms with E-state index in [1.165, 1.54) is 6.07 Å². The summed E-state index contributed by atoms with van der Waals surface area (Å²) in [7, 11) is 0. The highest BCUT2D eigenvalue weighted by molar-refractivity contribution is 6.32. The lowest BCUT2D eigenvalue weighted by Gasteiger charge is -2.10. The molecule has 6 heteroatoms. The van der Waals surface area contributed by atoms with Crippen LogP contribution in [-0.2, 0) is 6.42 Å². The van der Waals surface area contributed by atoms with Gasteiger partial charge < -0.3 is 10.5 Å². The smallest absolute Gasteiger partial charge is 0.169 e. The number of nitrogen functional groups attached to an aromatic ring is 1. The van der Waals surface area contributed by atoms with Crippen molar-refractivity contribution in [2.24, 2.45) is 0 Å². The number of hydrogen-bond acceptors (Lipinski definition) is 3. The molecule has 0 aliphatic heterocycles. The van der Waals surface area contributed by atoms with E-state index in [0.717, 1.165) is 0 Å². The van der Waals surface area contributed by atoms with E-state index in [1.807, 2.05) is 0 Å². The van der Waals surface area contributed by atoms with Gasteiger partial charge in [-0.15, -0.1) is 0 Å². The standard InChI is InChI=1S/C21H16Cl2FNO2/c1-12-8-16(21(25)18(24)9-12)19(26)11-13-2-7-20(17(23)10-13)27-15-5-3-14(22)4-6-15/h2-10H,11,25H2,1H3. The molecule has 0 fully saturated rings. The maximum Gasteiger partial charge on any atom is 0.169 e. The van der Waals surface area contributed by atoms with Gasteiger partial charge in [0.2, 0.25) is 0 Å². The lowest BCUT2D eigenvalue weighted by Crippen LogP contribution is -2.09. The fourth-order valence-corrected chi connectivity index (χ4v) is 3.00. The van der Waals surface area contributed by atoms with E-state index < -0.39 is 5.82 Å². The highest BCUT2D eigenvalue weighted by atomic mass is 35.5. The SMILES string of the molecule is Cc1cc(F)c(N)c(C(=O)Cc2ccc(Oc3ccc(Cl)cc3)c(Cl)c2)c1. The van der Waals surface area contributed by atoms with Crippen LogP contribution in [0.1, 0.15) is 21.5 Å². The molecule has 3 aromatic rings. The van der Waals surface area contributed by atoms with Crippen LogP contribution in [0.4, 0.5) is 10.1 Å². The van der Waals surface area contributed by atoms with E-state index in [-0.39, 0.29) is 23.5 Å². The lowest BCUT2D eigenvalue weighted by molar-refractivity contribution is 0.0993. The van der Waals surface area contributed by atoms with Crippen molar-refractivity contribution in [2.75, 3.05) is 5.73 Å². The van der Waals surface area contributed by atoms with Gasteiger partial charge in [-0.05, 0) is 66.6 Å². The minimum atomic E-state index is -0.594. The molecule has 0 unspecified atom stereocenters. The number of Topliss-reactive ketones (excluding diaryl/α,β-unsaturated/α-hetero) is 1. The first-order valence-electron chi connectivity index (χ1n) is 8.14. The number of ketones is 1. The molecule has 3 nitrogen and oxygen atoms in total. The molecular weight excluding hydrogens is 388 g/mol. The zero-order valence-corrected chi connectivity index (χ0v) is 15.9. The van der Waals surface area contributed by atoms with Crippen LogP contribution in [0, 0.1) is 12.7 Å². The van der Waals surface area contributed by atoms with Gasteiger partial charge in [0.25, 0.3) is 0 Å². The van der Waals surface area contributed by atoms with Crippen molar-refractivity contribution in [3.8, 4) is 11.5 Å². The van der Waals surface area contributed by atoms with E-state index in [9.17, 15) is 9.18 Å². The molecule has 3 aromatic carbocycles. The first-order valence-corrected chi connectivity index (χ1v) is 8.90. The predicted molar refractivity (Wildman–Crippen MR) is 107 cm³/mol. The summed E-state index contributed by atoms with van der Waals surface area (Å²) in [5.41, 5.74) is 7.05. The van der Waals surface area contributed by atoms with Crippen LogP contribution in [0.15, 0.2) is 54.6 Å². The van der Waals surface area contributed by atoms with Gasteiger partial charge in [-0.1, -0.05) is 29.3 Å². The third-order valence-corrected chi connectivity index (χ3v) is 4.52. The second kappa shape index (κ2) is 7.99. The number of hydrogen-bond donors (Lipinski definition) is 1. The molecule has 0 aliphatic carbocycles. The average Bonchev–Trinajstić information content (AvgIpc) is 2.62. The molecule has 0 radical (unpaired) electrons. The van der Waals surface area contributed by atoms with Gasteiger partial charge in [0.1, 0.15) is 17.3 Å². The molecule has 0 amide bonds. The van der Waals surface area contributed by atoms with Crippen molar-refractivity contribution in [1.29, 1.82) is 0 Å². The predicted octanol–water partition coefficient (Wildman–Crippen LogP) is 6.24. The molecule has 0 aliphatic rings. The summed E-state index contributed by atoms with van der Waals surface area (Å²) in [4.78, 5) is 12.5. The summed E-state index contributed by atoms with van der Waals surface area (Å²) in [6, 6.07) is 14.8. The number of benzene rings is 3. The molecule has 0 spiro atoms. The summed E-state index contributed by atoms with van der Waals surface area (Å²) in [5.74, 6) is 0.171. The van der Waals surface area contributed by atoms with Crippen LogP contribution in [0.5, 0.6) is 11.5 Å². The highest BCUT2D eigenvalue weighted by Crippen LogP contribution is 2.31. The first kappa shape index (κ1) is 19.2. The largest absolute Gasteiger partial charge is 0.456 e.